The molecular formula is C12H9BrN2O. The average Bonchev–Trinajstić information content (AvgIpc) is 2.29. The van der Waals surface area contributed by atoms with Gasteiger partial charge in [0.2, 0.25) is 5.91 Å². The average molecular weight is 277 g/mol. The van der Waals surface area contributed by atoms with Gasteiger partial charge in [0, 0.05) is 16.1 Å². The van der Waals surface area contributed by atoms with Gasteiger partial charge < -0.3 is 5.32 Å². The molecule has 0 aliphatic carbocycles. The van der Waals surface area contributed by atoms with Crippen molar-refractivity contribution in [1.29, 1.82) is 0 Å². The van der Waals surface area contributed by atoms with Gasteiger partial charge in [0.1, 0.15) is 0 Å². The molecule has 0 aliphatic rings. The van der Waals surface area contributed by atoms with Gasteiger partial charge in [-0.1, -0.05) is 22.5 Å². The standard InChI is InChI=1S/C12H9BrN2O/c1-2-12(16)15-11-5-6-14-10-4-3-8(13)7-9(10)11/h2-7H,1H2,(H,14,15,16). The molecule has 3 nitrogen and oxygen atoms in total. The molecule has 2 rings (SSSR count). The lowest BCUT2D eigenvalue weighted by Gasteiger charge is -2.06. The molecule has 0 unspecified atom stereocenters. The number of carbonyl (C=O) groups is 1. The maximum atomic E-state index is 11.2. The molecular weight excluding hydrogens is 268 g/mol. The van der Waals surface area contributed by atoms with E-state index in [1.54, 1.807) is 12.3 Å². The van der Waals surface area contributed by atoms with Gasteiger partial charge in [-0.15, -0.1) is 0 Å². The number of nitrogens with one attached hydrogen (secondary N) is 1. The van der Waals surface area contributed by atoms with Crippen LogP contribution in [0.5, 0.6) is 0 Å². The van der Waals surface area contributed by atoms with Crippen LogP contribution in [-0.4, -0.2) is 10.9 Å². The zero-order valence-electron chi connectivity index (χ0n) is 8.40. The van der Waals surface area contributed by atoms with Crippen LogP contribution in [0.25, 0.3) is 10.9 Å². The summed E-state index contributed by atoms with van der Waals surface area (Å²) in [5.74, 6) is -0.229. The minimum atomic E-state index is -0.229. The SMILES string of the molecule is C=CC(=O)Nc1ccnc2ccc(Br)cc12. The maximum Gasteiger partial charge on any atom is 0.247 e. The molecule has 4 heteroatoms. The number of fused-ring (bicyclic) bond motifs is 1. The van der Waals surface area contributed by atoms with Gasteiger partial charge >= 0.3 is 0 Å². The molecule has 0 bridgehead atoms. The van der Waals surface area contributed by atoms with E-state index in [0.717, 1.165) is 21.1 Å². The van der Waals surface area contributed by atoms with Gasteiger partial charge in [0.05, 0.1) is 11.2 Å². The lowest BCUT2D eigenvalue weighted by molar-refractivity contribution is -0.111. The summed E-state index contributed by atoms with van der Waals surface area (Å²) < 4.78 is 0.946. The fourth-order valence-corrected chi connectivity index (χ4v) is 1.77. The van der Waals surface area contributed by atoms with Gasteiger partial charge in [-0.25, -0.2) is 0 Å². The Labute approximate surface area is 101 Å². The van der Waals surface area contributed by atoms with Crippen LogP contribution in [0.1, 0.15) is 0 Å². The minimum absolute atomic E-state index is 0.229. The highest BCUT2D eigenvalue weighted by Crippen LogP contribution is 2.24. The van der Waals surface area contributed by atoms with Crippen LogP contribution < -0.4 is 5.32 Å². The van der Waals surface area contributed by atoms with Crippen molar-refractivity contribution < 1.29 is 4.79 Å². The number of pyridine rings is 1. The highest BCUT2D eigenvalue weighted by atomic mass is 79.9. The van der Waals surface area contributed by atoms with E-state index in [-0.39, 0.29) is 5.91 Å². The lowest BCUT2D eigenvalue weighted by atomic mass is 10.2. The van der Waals surface area contributed by atoms with Crippen LogP contribution in [0.3, 0.4) is 0 Å². The van der Waals surface area contributed by atoms with E-state index < -0.39 is 0 Å². The molecule has 1 aromatic heterocycles. The van der Waals surface area contributed by atoms with E-state index >= 15 is 0 Å². The molecule has 1 heterocycles. The van der Waals surface area contributed by atoms with E-state index in [2.05, 4.69) is 32.8 Å². The van der Waals surface area contributed by atoms with Crippen LogP contribution in [0.2, 0.25) is 0 Å². The quantitative estimate of drug-likeness (QED) is 0.857. The van der Waals surface area contributed by atoms with Crippen molar-refractivity contribution in [3.05, 3.63) is 47.6 Å². The van der Waals surface area contributed by atoms with E-state index in [0.29, 0.717) is 0 Å². The van der Waals surface area contributed by atoms with Crippen molar-refractivity contribution in [2.75, 3.05) is 5.32 Å². The maximum absolute atomic E-state index is 11.2. The third-order valence-electron chi connectivity index (χ3n) is 2.15. The molecule has 1 amide bonds. The van der Waals surface area contributed by atoms with Crippen molar-refractivity contribution >= 4 is 38.4 Å². The monoisotopic (exact) mass is 276 g/mol. The summed E-state index contributed by atoms with van der Waals surface area (Å²) in [6.45, 7) is 3.42. The Morgan fingerprint density at radius 1 is 1.44 bits per heavy atom. The molecule has 80 valence electrons. The largest absolute Gasteiger partial charge is 0.322 e. The number of benzene rings is 1. The third-order valence-corrected chi connectivity index (χ3v) is 2.64. The predicted octanol–water partition coefficient (Wildman–Crippen LogP) is 3.12. The number of rotatable bonds is 2. The van der Waals surface area contributed by atoms with Crippen molar-refractivity contribution in [1.82, 2.24) is 4.98 Å². The summed E-state index contributed by atoms with van der Waals surface area (Å²) in [5, 5.41) is 3.64. The molecule has 0 radical (unpaired) electrons. The number of hydrogen-bond donors (Lipinski definition) is 1. The second-order valence-electron chi connectivity index (χ2n) is 3.21. The minimum Gasteiger partial charge on any atom is -0.322 e. The van der Waals surface area contributed by atoms with Crippen LogP contribution in [0.15, 0.2) is 47.6 Å². The first-order valence-electron chi connectivity index (χ1n) is 4.68. The zero-order valence-corrected chi connectivity index (χ0v) is 9.99. The number of halogens is 1. The molecule has 0 atom stereocenters. The van der Waals surface area contributed by atoms with Crippen LogP contribution in [-0.2, 0) is 4.79 Å². The summed E-state index contributed by atoms with van der Waals surface area (Å²) >= 11 is 3.39. The number of hydrogen-bond acceptors (Lipinski definition) is 2. The molecule has 0 saturated heterocycles. The van der Waals surface area contributed by atoms with Gasteiger partial charge in [0.15, 0.2) is 0 Å². The Morgan fingerprint density at radius 2 is 2.25 bits per heavy atom. The van der Waals surface area contributed by atoms with Crippen LogP contribution >= 0.6 is 15.9 Å². The zero-order chi connectivity index (χ0) is 11.5. The van der Waals surface area contributed by atoms with E-state index in [1.807, 2.05) is 18.2 Å². The first-order chi connectivity index (χ1) is 7.70. The summed E-state index contributed by atoms with van der Waals surface area (Å²) in [5.41, 5.74) is 1.57. The molecule has 0 fully saturated rings. The van der Waals surface area contributed by atoms with E-state index in [1.165, 1.54) is 6.08 Å². The molecule has 1 N–H and O–H groups in total. The summed E-state index contributed by atoms with van der Waals surface area (Å²) in [6, 6.07) is 7.48. The Bertz CT molecular complexity index is 566. The van der Waals surface area contributed by atoms with Crippen molar-refractivity contribution in [3.8, 4) is 0 Å². The summed E-state index contributed by atoms with van der Waals surface area (Å²) in [7, 11) is 0. The molecule has 0 saturated carbocycles. The van der Waals surface area contributed by atoms with E-state index in [4.69, 9.17) is 0 Å². The van der Waals surface area contributed by atoms with E-state index in [9.17, 15) is 4.79 Å². The van der Waals surface area contributed by atoms with Crippen molar-refractivity contribution in [2.24, 2.45) is 0 Å². The molecule has 0 spiro atoms. The smallest absolute Gasteiger partial charge is 0.247 e. The van der Waals surface area contributed by atoms with Crippen molar-refractivity contribution in [2.45, 2.75) is 0 Å². The van der Waals surface area contributed by atoms with Gasteiger partial charge in [0.25, 0.3) is 0 Å². The Kier molecular flexibility index (Phi) is 3.01. The third kappa shape index (κ3) is 2.12. The summed E-state index contributed by atoms with van der Waals surface area (Å²) in [6.07, 6.45) is 2.90. The number of carbonyl (C=O) groups excluding carboxylic acids is 1. The highest BCUT2D eigenvalue weighted by Gasteiger charge is 2.04. The number of nitrogens with zero attached hydrogens (tertiary/aromatic N) is 1. The summed E-state index contributed by atoms with van der Waals surface area (Å²) in [4.78, 5) is 15.5. The highest BCUT2D eigenvalue weighted by molar-refractivity contribution is 9.10. The molecule has 2 aromatic rings. The fraction of sp³-hybridized carbons (Fsp3) is 0. The first kappa shape index (κ1) is 10.8. The van der Waals surface area contributed by atoms with Gasteiger partial charge in [-0.3, -0.25) is 9.78 Å². The Hall–Kier alpha value is -1.68. The van der Waals surface area contributed by atoms with Crippen LogP contribution in [0.4, 0.5) is 5.69 Å². The second-order valence-corrected chi connectivity index (χ2v) is 4.13. The number of anilines is 1. The first-order valence-corrected chi connectivity index (χ1v) is 5.47. The lowest BCUT2D eigenvalue weighted by Crippen LogP contribution is -2.07. The number of aromatic nitrogens is 1. The van der Waals surface area contributed by atoms with Crippen molar-refractivity contribution in [3.63, 3.8) is 0 Å². The normalized spacial score (nSPS) is 10.1. The Balaban J connectivity index is 2.55. The molecule has 16 heavy (non-hydrogen) atoms. The van der Waals surface area contributed by atoms with Crippen LogP contribution in [0, 0.1) is 0 Å². The fourth-order valence-electron chi connectivity index (χ4n) is 1.41. The van der Waals surface area contributed by atoms with Gasteiger partial charge in [-0.2, -0.15) is 0 Å². The predicted molar refractivity (Wildman–Crippen MR) is 68.3 cm³/mol. The Morgan fingerprint density at radius 3 is 3.00 bits per heavy atom. The molecule has 1 aromatic carbocycles. The second kappa shape index (κ2) is 4.45. The van der Waals surface area contributed by atoms with Gasteiger partial charge in [-0.05, 0) is 30.3 Å². The number of amides is 1. The topological polar surface area (TPSA) is 42.0 Å². The molecule has 0 aliphatic heterocycles.